The van der Waals surface area contributed by atoms with E-state index in [0.29, 0.717) is 6.42 Å². The Balaban J connectivity index is 2.32. The van der Waals surface area contributed by atoms with Crippen LogP contribution in [0.1, 0.15) is 36.4 Å². The van der Waals surface area contributed by atoms with Crippen molar-refractivity contribution in [2.75, 3.05) is 7.05 Å². The molecule has 1 aliphatic heterocycles. The molecule has 1 amide bonds. The second-order valence-corrected chi connectivity index (χ2v) is 4.92. The standard InChI is InChI=1S/C14H20N2O/c1-10-6-8-11(9-7-10)14-12(15)4-3-5-13(17)16(14)2/h6-9,12,14H,3-5,15H2,1-2H3. The first-order valence-electron chi connectivity index (χ1n) is 6.17. The molecule has 0 saturated carbocycles. The minimum atomic E-state index is 0.0191. The van der Waals surface area contributed by atoms with E-state index in [9.17, 15) is 4.79 Å². The maximum absolute atomic E-state index is 11.9. The summed E-state index contributed by atoms with van der Waals surface area (Å²) in [5, 5.41) is 0. The summed E-state index contributed by atoms with van der Waals surface area (Å²) in [6.45, 7) is 2.06. The summed E-state index contributed by atoms with van der Waals surface area (Å²) in [5.74, 6) is 0.198. The van der Waals surface area contributed by atoms with E-state index in [1.54, 1.807) is 0 Å². The van der Waals surface area contributed by atoms with E-state index >= 15 is 0 Å². The number of aryl methyl sites for hydroxylation is 1. The Kier molecular flexibility index (Phi) is 3.48. The van der Waals surface area contributed by atoms with E-state index in [0.717, 1.165) is 18.4 Å². The van der Waals surface area contributed by atoms with Gasteiger partial charge in [0, 0.05) is 19.5 Å². The normalized spacial score (nSPS) is 25.8. The van der Waals surface area contributed by atoms with Crippen LogP contribution in [0.3, 0.4) is 0 Å². The van der Waals surface area contributed by atoms with Gasteiger partial charge in [-0.2, -0.15) is 0 Å². The fraction of sp³-hybridized carbons (Fsp3) is 0.500. The molecule has 0 aliphatic carbocycles. The van der Waals surface area contributed by atoms with Crippen molar-refractivity contribution >= 4 is 5.91 Å². The zero-order valence-electron chi connectivity index (χ0n) is 10.5. The first kappa shape index (κ1) is 12.1. The first-order chi connectivity index (χ1) is 8.09. The summed E-state index contributed by atoms with van der Waals surface area (Å²) in [6.07, 6.45) is 2.42. The molecule has 1 saturated heterocycles. The van der Waals surface area contributed by atoms with Crippen LogP contribution < -0.4 is 5.73 Å². The average Bonchev–Trinajstić information content (AvgIpc) is 2.42. The van der Waals surface area contributed by atoms with Crippen LogP contribution in [0.15, 0.2) is 24.3 Å². The Labute approximate surface area is 103 Å². The minimum Gasteiger partial charge on any atom is -0.337 e. The van der Waals surface area contributed by atoms with Crippen LogP contribution in [-0.2, 0) is 4.79 Å². The highest BCUT2D eigenvalue weighted by Crippen LogP contribution is 2.28. The molecule has 2 N–H and O–H groups in total. The second-order valence-electron chi connectivity index (χ2n) is 4.92. The maximum Gasteiger partial charge on any atom is 0.222 e. The number of likely N-dealkylation sites (N-methyl/N-ethyl adjacent to an activating group) is 1. The van der Waals surface area contributed by atoms with Gasteiger partial charge in [0.05, 0.1) is 6.04 Å². The van der Waals surface area contributed by atoms with Crippen molar-refractivity contribution in [2.24, 2.45) is 5.73 Å². The summed E-state index contributed by atoms with van der Waals surface area (Å²) < 4.78 is 0. The Morgan fingerprint density at radius 1 is 1.29 bits per heavy atom. The van der Waals surface area contributed by atoms with Crippen molar-refractivity contribution in [3.63, 3.8) is 0 Å². The third-order valence-electron chi connectivity index (χ3n) is 3.56. The van der Waals surface area contributed by atoms with Gasteiger partial charge in [0.2, 0.25) is 5.91 Å². The van der Waals surface area contributed by atoms with Crippen LogP contribution in [0.5, 0.6) is 0 Å². The number of likely N-dealkylation sites (tertiary alicyclic amines) is 1. The van der Waals surface area contributed by atoms with E-state index in [-0.39, 0.29) is 18.0 Å². The van der Waals surface area contributed by atoms with E-state index in [2.05, 4.69) is 31.2 Å². The lowest BCUT2D eigenvalue weighted by atomic mass is 9.96. The lowest BCUT2D eigenvalue weighted by Gasteiger charge is -2.30. The predicted octanol–water partition coefficient (Wildman–Crippen LogP) is 2.01. The van der Waals surface area contributed by atoms with Gasteiger partial charge in [-0.05, 0) is 25.3 Å². The number of rotatable bonds is 1. The van der Waals surface area contributed by atoms with Crippen molar-refractivity contribution in [1.29, 1.82) is 0 Å². The van der Waals surface area contributed by atoms with Gasteiger partial charge in [-0.3, -0.25) is 4.79 Å². The first-order valence-corrected chi connectivity index (χ1v) is 6.17. The summed E-state index contributed by atoms with van der Waals surface area (Å²) in [4.78, 5) is 13.7. The van der Waals surface area contributed by atoms with Crippen molar-refractivity contribution in [3.05, 3.63) is 35.4 Å². The Hall–Kier alpha value is -1.35. The molecule has 2 unspecified atom stereocenters. The summed E-state index contributed by atoms with van der Waals surface area (Å²) in [7, 11) is 1.86. The lowest BCUT2D eigenvalue weighted by Crippen LogP contribution is -2.39. The molecule has 1 heterocycles. The number of carbonyl (C=O) groups is 1. The molecule has 92 valence electrons. The summed E-state index contributed by atoms with van der Waals surface area (Å²) in [5.41, 5.74) is 8.57. The Morgan fingerprint density at radius 3 is 2.59 bits per heavy atom. The van der Waals surface area contributed by atoms with Crippen LogP contribution in [0.4, 0.5) is 0 Å². The Bertz CT molecular complexity index is 399. The van der Waals surface area contributed by atoms with Crippen LogP contribution in [-0.4, -0.2) is 23.9 Å². The van der Waals surface area contributed by atoms with E-state index in [1.807, 2.05) is 11.9 Å². The molecule has 0 spiro atoms. The third-order valence-corrected chi connectivity index (χ3v) is 3.56. The number of benzene rings is 1. The predicted molar refractivity (Wildman–Crippen MR) is 68.5 cm³/mol. The number of amides is 1. The fourth-order valence-corrected chi connectivity index (χ4v) is 2.50. The third kappa shape index (κ3) is 2.50. The number of carbonyl (C=O) groups excluding carboxylic acids is 1. The molecule has 2 rings (SSSR count). The molecule has 3 nitrogen and oxygen atoms in total. The van der Waals surface area contributed by atoms with Gasteiger partial charge in [-0.25, -0.2) is 0 Å². The van der Waals surface area contributed by atoms with Gasteiger partial charge in [0.25, 0.3) is 0 Å². The van der Waals surface area contributed by atoms with Gasteiger partial charge in [0.1, 0.15) is 0 Å². The average molecular weight is 232 g/mol. The summed E-state index contributed by atoms with van der Waals surface area (Å²) in [6, 6.07) is 8.36. The molecule has 1 aromatic rings. The van der Waals surface area contributed by atoms with Gasteiger partial charge >= 0.3 is 0 Å². The number of hydrogen-bond acceptors (Lipinski definition) is 2. The molecule has 0 bridgehead atoms. The van der Waals surface area contributed by atoms with Crippen LogP contribution in [0.2, 0.25) is 0 Å². The topological polar surface area (TPSA) is 46.3 Å². The van der Waals surface area contributed by atoms with Gasteiger partial charge in [-0.15, -0.1) is 0 Å². The van der Waals surface area contributed by atoms with Crippen molar-refractivity contribution in [2.45, 2.75) is 38.3 Å². The molecular formula is C14H20N2O. The van der Waals surface area contributed by atoms with E-state index in [4.69, 9.17) is 5.73 Å². The van der Waals surface area contributed by atoms with Crippen molar-refractivity contribution in [1.82, 2.24) is 4.90 Å². The zero-order chi connectivity index (χ0) is 12.4. The Morgan fingerprint density at radius 2 is 1.94 bits per heavy atom. The fourth-order valence-electron chi connectivity index (χ4n) is 2.50. The van der Waals surface area contributed by atoms with Crippen LogP contribution >= 0.6 is 0 Å². The molecule has 17 heavy (non-hydrogen) atoms. The van der Waals surface area contributed by atoms with E-state index < -0.39 is 0 Å². The monoisotopic (exact) mass is 232 g/mol. The highest BCUT2D eigenvalue weighted by Gasteiger charge is 2.29. The number of hydrogen-bond donors (Lipinski definition) is 1. The quantitative estimate of drug-likeness (QED) is 0.805. The molecule has 0 radical (unpaired) electrons. The summed E-state index contributed by atoms with van der Waals surface area (Å²) >= 11 is 0. The van der Waals surface area contributed by atoms with Crippen LogP contribution in [0.25, 0.3) is 0 Å². The smallest absolute Gasteiger partial charge is 0.222 e. The lowest BCUT2D eigenvalue weighted by molar-refractivity contribution is -0.131. The molecular weight excluding hydrogens is 212 g/mol. The SMILES string of the molecule is Cc1ccc(C2C(N)CCCC(=O)N2C)cc1. The van der Waals surface area contributed by atoms with Crippen molar-refractivity contribution in [3.8, 4) is 0 Å². The van der Waals surface area contributed by atoms with Gasteiger partial charge < -0.3 is 10.6 Å². The number of nitrogens with zero attached hydrogens (tertiary/aromatic N) is 1. The number of nitrogens with two attached hydrogens (primary N) is 1. The largest absolute Gasteiger partial charge is 0.337 e. The molecule has 1 fully saturated rings. The minimum absolute atomic E-state index is 0.0191. The van der Waals surface area contributed by atoms with Gasteiger partial charge in [-0.1, -0.05) is 29.8 Å². The highest BCUT2D eigenvalue weighted by atomic mass is 16.2. The second kappa shape index (κ2) is 4.88. The maximum atomic E-state index is 11.9. The molecule has 1 aliphatic rings. The highest BCUT2D eigenvalue weighted by molar-refractivity contribution is 5.76. The molecule has 3 heteroatoms. The zero-order valence-corrected chi connectivity index (χ0v) is 10.5. The van der Waals surface area contributed by atoms with Crippen molar-refractivity contribution < 1.29 is 4.79 Å². The van der Waals surface area contributed by atoms with Crippen LogP contribution in [0, 0.1) is 6.92 Å². The van der Waals surface area contributed by atoms with E-state index in [1.165, 1.54) is 5.56 Å². The molecule has 1 aromatic carbocycles. The molecule has 2 atom stereocenters. The molecule has 0 aromatic heterocycles. The van der Waals surface area contributed by atoms with Gasteiger partial charge in [0.15, 0.2) is 0 Å².